The SMILES string of the molecule is O=C(N[C@H]1CC[C@H](CN2C(=O)C3(CNC3)c3ccc(F)cc32)CC1)c1cc(Cl)cnc1C(F)F. The standard InChI is InChI=1S/C24H24ClF3N4O2/c25-14-7-17(20(21(27)28)30-9-14)22(33)31-16-4-1-13(2-5-16)10-32-19-8-15(26)3-6-18(19)24(23(32)34)11-29-12-24/h3,6-9,13,16,21,29H,1-2,4-5,10-12H2,(H,31,33)/t13-,16-. The molecule has 2 amide bonds. The number of anilines is 1. The van der Waals surface area contributed by atoms with Gasteiger partial charge >= 0.3 is 0 Å². The van der Waals surface area contributed by atoms with Gasteiger partial charge in [0, 0.05) is 31.9 Å². The van der Waals surface area contributed by atoms with Gasteiger partial charge in [-0.25, -0.2) is 13.2 Å². The zero-order valence-corrected chi connectivity index (χ0v) is 19.0. The molecule has 2 fully saturated rings. The number of aromatic nitrogens is 1. The maximum Gasteiger partial charge on any atom is 0.281 e. The molecule has 1 aliphatic carbocycles. The van der Waals surface area contributed by atoms with E-state index in [0.29, 0.717) is 38.2 Å². The number of nitrogens with one attached hydrogen (secondary N) is 2. The molecule has 34 heavy (non-hydrogen) atoms. The maximum atomic E-state index is 14.0. The number of halogens is 4. The Morgan fingerprint density at radius 1 is 1.24 bits per heavy atom. The van der Waals surface area contributed by atoms with E-state index in [2.05, 4.69) is 15.6 Å². The lowest BCUT2D eigenvalue weighted by Crippen LogP contribution is -2.62. The lowest BCUT2D eigenvalue weighted by Gasteiger charge is -2.38. The van der Waals surface area contributed by atoms with E-state index in [1.165, 1.54) is 18.2 Å². The highest BCUT2D eigenvalue weighted by atomic mass is 35.5. The fourth-order valence-corrected chi connectivity index (χ4v) is 5.49. The molecule has 5 rings (SSSR count). The number of carbonyl (C=O) groups excluding carboxylic acids is 2. The van der Waals surface area contributed by atoms with Crippen molar-refractivity contribution in [3.05, 3.63) is 58.1 Å². The van der Waals surface area contributed by atoms with Gasteiger partial charge in [-0.2, -0.15) is 0 Å². The van der Waals surface area contributed by atoms with Crippen molar-refractivity contribution in [2.24, 2.45) is 5.92 Å². The van der Waals surface area contributed by atoms with Crippen LogP contribution in [0.3, 0.4) is 0 Å². The molecule has 3 heterocycles. The summed E-state index contributed by atoms with van der Waals surface area (Å²) in [6, 6.07) is 5.59. The average Bonchev–Trinajstić information content (AvgIpc) is 3.02. The zero-order chi connectivity index (χ0) is 24.0. The van der Waals surface area contributed by atoms with E-state index in [1.807, 2.05) is 0 Å². The quantitative estimate of drug-likeness (QED) is 0.662. The molecule has 2 N–H and O–H groups in total. The van der Waals surface area contributed by atoms with Gasteiger partial charge < -0.3 is 15.5 Å². The fraction of sp³-hybridized carbons (Fsp3) is 0.458. The highest BCUT2D eigenvalue weighted by Crippen LogP contribution is 2.45. The number of hydrogen-bond acceptors (Lipinski definition) is 4. The Morgan fingerprint density at radius 3 is 2.62 bits per heavy atom. The molecular formula is C24H24ClF3N4O2. The predicted octanol–water partition coefficient (Wildman–Crippen LogP) is 3.99. The van der Waals surface area contributed by atoms with Crippen LogP contribution in [-0.4, -0.2) is 42.5 Å². The van der Waals surface area contributed by atoms with Crippen LogP contribution in [0.2, 0.25) is 5.02 Å². The van der Waals surface area contributed by atoms with E-state index < -0.39 is 23.4 Å². The number of nitrogens with zero attached hydrogens (tertiary/aromatic N) is 2. The molecule has 3 aliphatic rings. The summed E-state index contributed by atoms with van der Waals surface area (Å²) in [4.78, 5) is 31.2. The summed E-state index contributed by atoms with van der Waals surface area (Å²) in [5.41, 5.74) is 0.124. The highest BCUT2D eigenvalue weighted by molar-refractivity contribution is 6.30. The molecule has 0 bridgehead atoms. The lowest BCUT2D eigenvalue weighted by molar-refractivity contribution is -0.125. The number of benzene rings is 1. The number of pyridine rings is 1. The molecule has 1 saturated heterocycles. The fourth-order valence-electron chi connectivity index (χ4n) is 5.33. The van der Waals surface area contributed by atoms with E-state index in [-0.39, 0.29) is 34.3 Å². The largest absolute Gasteiger partial charge is 0.349 e. The van der Waals surface area contributed by atoms with E-state index in [9.17, 15) is 22.8 Å². The van der Waals surface area contributed by atoms with Crippen molar-refractivity contribution in [1.29, 1.82) is 0 Å². The number of fused-ring (bicyclic) bond motifs is 2. The van der Waals surface area contributed by atoms with Gasteiger partial charge in [-0.1, -0.05) is 17.7 Å². The van der Waals surface area contributed by atoms with Crippen molar-refractivity contribution < 1.29 is 22.8 Å². The summed E-state index contributed by atoms with van der Waals surface area (Å²) >= 11 is 5.85. The van der Waals surface area contributed by atoms with Crippen LogP contribution >= 0.6 is 11.6 Å². The molecule has 1 aromatic carbocycles. The third kappa shape index (κ3) is 3.94. The Hall–Kier alpha value is -2.65. The van der Waals surface area contributed by atoms with E-state index in [4.69, 9.17) is 11.6 Å². The average molecular weight is 493 g/mol. The molecule has 0 radical (unpaired) electrons. The van der Waals surface area contributed by atoms with Crippen LogP contribution in [0, 0.1) is 11.7 Å². The molecule has 1 saturated carbocycles. The van der Waals surface area contributed by atoms with Gasteiger partial charge in [-0.05, 0) is 55.4 Å². The first-order valence-electron chi connectivity index (χ1n) is 11.4. The molecular weight excluding hydrogens is 469 g/mol. The normalized spacial score (nSPS) is 23.2. The van der Waals surface area contributed by atoms with E-state index in [1.54, 1.807) is 11.0 Å². The van der Waals surface area contributed by atoms with E-state index >= 15 is 0 Å². The second-order valence-corrected chi connectivity index (χ2v) is 9.78. The molecule has 1 spiro atoms. The number of carbonyl (C=O) groups is 2. The first-order valence-corrected chi connectivity index (χ1v) is 11.7. The first kappa shape index (κ1) is 23.1. The molecule has 2 aromatic rings. The Labute approximate surface area is 199 Å². The third-order valence-electron chi connectivity index (χ3n) is 7.23. The topological polar surface area (TPSA) is 74.3 Å². The maximum absolute atomic E-state index is 14.0. The van der Waals surface area contributed by atoms with Crippen molar-refractivity contribution in [2.75, 3.05) is 24.5 Å². The van der Waals surface area contributed by atoms with Crippen molar-refractivity contribution in [2.45, 2.75) is 43.6 Å². The first-order chi connectivity index (χ1) is 16.3. The minimum atomic E-state index is -2.88. The number of alkyl halides is 2. The molecule has 6 nitrogen and oxygen atoms in total. The Bertz CT molecular complexity index is 1130. The van der Waals surface area contributed by atoms with Gasteiger partial charge in [0.1, 0.15) is 16.9 Å². The van der Waals surface area contributed by atoms with Gasteiger partial charge in [0.2, 0.25) is 5.91 Å². The molecule has 1 aromatic heterocycles. The lowest BCUT2D eigenvalue weighted by atomic mass is 9.76. The smallest absolute Gasteiger partial charge is 0.281 e. The van der Waals surface area contributed by atoms with Crippen molar-refractivity contribution in [3.63, 3.8) is 0 Å². The van der Waals surface area contributed by atoms with Crippen molar-refractivity contribution in [1.82, 2.24) is 15.6 Å². The highest BCUT2D eigenvalue weighted by Gasteiger charge is 2.55. The third-order valence-corrected chi connectivity index (χ3v) is 7.44. The second-order valence-electron chi connectivity index (χ2n) is 9.34. The second kappa shape index (κ2) is 8.85. The zero-order valence-electron chi connectivity index (χ0n) is 18.3. The van der Waals surface area contributed by atoms with Crippen LogP contribution in [0.4, 0.5) is 18.9 Å². The van der Waals surface area contributed by atoms with Crippen LogP contribution in [0.15, 0.2) is 30.5 Å². The molecule has 180 valence electrons. The molecule has 0 unspecified atom stereocenters. The van der Waals surface area contributed by atoms with E-state index in [0.717, 1.165) is 24.6 Å². The number of hydrogen-bond donors (Lipinski definition) is 2. The minimum Gasteiger partial charge on any atom is -0.349 e. The summed E-state index contributed by atoms with van der Waals surface area (Å²) in [7, 11) is 0. The predicted molar refractivity (Wildman–Crippen MR) is 121 cm³/mol. The monoisotopic (exact) mass is 492 g/mol. The van der Waals surface area contributed by atoms with Crippen molar-refractivity contribution >= 4 is 29.1 Å². The summed E-state index contributed by atoms with van der Waals surface area (Å²) in [5.74, 6) is -0.783. The van der Waals surface area contributed by atoms with Gasteiger partial charge in [-0.15, -0.1) is 0 Å². The summed E-state index contributed by atoms with van der Waals surface area (Å²) in [6.07, 6.45) is 1.02. The molecule has 10 heteroatoms. The summed E-state index contributed by atoms with van der Waals surface area (Å²) in [6.45, 7) is 1.60. The van der Waals surface area contributed by atoms with Gasteiger partial charge in [0.05, 0.1) is 16.3 Å². The van der Waals surface area contributed by atoms with Crippen LogP contribution < -0.4 is 15.5 Å². The molecule has 0 atom stereocenters. The van der Waals surface area contributed by atoms with Gasteiger partial charge in [-0.3, -0.25) is 14.6 Å². The van der Waals surface area contributed by atoms with Crippen LogP contribution in [0.1, 0.15) is 53.7 Å². The Kier molecular flexibility index (Phi) is 6.02. The minimum absolute atomic E-state index is 0.00950. The van der Waals surface area contributed by atoms with Crippen LogP contribution in [0.5, 0.6) is 0 Å². The summed E-state index contributed by atoms with van der Waals surface area (Å²) < 4.78 is 40.5. The van der Waals surface area contributed by atoms with Gasteiger partial charge in [0.25, 0.3) is 12.3 Å². The van der Waals surface area contributed by atoms with Crippen LogP contribution in [0.25, 0.3) is 0 Å². The number of amides is 2. The van der Waals surface area contributed by atoms with Crippen molar-refractivity contribution in [3.8, 4) is 0 Å². The number of rotatable bonds is 5. The summed E-state index contributed by atoms with van der Waals surface area (Å²) in [5, 5.41) is 6.11. The molecule has 2 aliphatic heterocycles. The van der Waals surface area contributed by atoms with Crippen LogP contribution in [-0.2, 0) is 10.2 Å². The van der Waals surface area contributed by atoms with Gasteiger partial charge in [0.15, 0.2) is 0 Å². The Balaban J connectivity index is 1.22. The Morgan fingerprint density at radius 2 is 1.97 bits per heavy atom.